The molecule has 0 saturated carbocycles. The van der Waals surface area contributed by atoms with Crippen LogP contribution in [0.4, 0.5) is 0 Å². The van der Waals surface area contributed by atoms with Crippen molar-refractivity contribution in [1.29, 1.82) is 0 Å². The van der Waals surface area contributed by atoms with E-state index in [1.54, 1.807) is 0 Å². The number of rotatable bonds is 3. The number of benzene rings is 10. The topological polar surface area (TPSA) is 26.3 Å². The number of para-hydroxylation sites is 1. The quantitative estimate of drug-likeness (QED) is 0.173. The van der Waals surface area contributed by atoms with E-state index in [-0.39, 0.29) is 0 Å². The first-order valence-electron chi connectivity index (χ1n) is 18.5. The SMILES string of the molecule is c1ccc2cc(-c3c4ccccc4c(-c4cccc5oc6ccc7oc8ccccc8c7c6c45)c4cc(-c5cccc6ccccc56)ccc34)ccc2c1. The fourth-order valence-electron chi connectivity index (χ4n) is 9.10. The van der Waals surface area contributed by atoms with E-state index in [1.165, 1.54) is 70.9 Å². The molecular formula is C52H30O2. The van der Waals surface area contributed by atoms with E-state index in [9.17, 15) is 0 Å². The highest BCUT2D eigenvalue weighted by atomic mass is 16.3. The van der Waals surface area contributed by atoms with Crippen molar-refractivity contribution in [3.8, 4) is 33.4 Å². The van der Waals surface area contributed by atoms with Gasteiger partial charge in [0.25, 0.3) is 0 Å². The number of furan rings is 2. The fourth-order valence-corrected chi connectivity index (χ4v) is 9.10. The third-order valence-electron chi connectivity index (χ3n) is 11.4. The zero-order chi connectivity index (χ0) is 35.3. The monoisotopic (exact) mass is 686 g/mol. The third kappa shape index (κ3) is 4.17. The summed E-state index contributed by atoms with van der Waals surface area (Å²) in [5, 5.41) is 14.2. The molecule has 2 aromatic heterocycles. The van der Waals surface area contributed by atoms with Crippen LogP contribution in [0.5, 0.6) is 0 Å². The molecule has 10 aromatic carbocycles. The van der Waals surface area contributed by atoms with Gasteiger partial charge in [0.1, 0.15) is 22.3 Å². The van der Waals surface area contributed by atoms with Crippen molar-refractivity contribution in [2.24, 2.45) is 0 Å². The number of fused-ring (bicyclic) bond motifs is 11. The molecule has 0 radical (unpaired) electrons. The van der Waals surface area contributed by atoms with Crippen LogP contribution in [0.25, 0.3) is 120 Å². The van der Waals surface area contributed by atoms with Crippen LogP contribution in [0, 0.1) is 0 Å². The first-order chi connectivity index (χ1) is 26.8. The summed E-state index contributed by atoms with van der Waals surface area (Å²) in [5.74, 6) is 0. The van der Waals surface area contributed by atoms with Crippen molar-refractivity contribution in [1.82, 2.24) is 0 Å². The van der Waals surface area contributed by atoms with Crippen molar-refractivity contribution >= 4 is 87.0 Å². The van der Waals surface area contributed by atoms with Crippen LogP contribution in [0.15, 0.2) is 191 Å². The summed E-state index contributed by atoms with van der Waals surface area (Å²) in [6.45, 7) is 0. The first kappa shape index (κ1) is 29.4. The molecule has 54 heavy (non-hydrogen) atoms. The Balaban J connectivity index is 1.26. The molecule has 0 fully saturated rings. The summed E-state index contributed by atoms with van der Waals surface area (Å²) in [4.78, 5) is 0. The Morgan fingerprint density at radius 3 is 1.70 bits per heavy atom. The molecule has 0 atom stereocenters. The van der Waals surface area contributed by atoms with Gasteiger partial charge >= 0.3 is 0 Å². The normalized spacial score (nSPS) is 12.1. The van der Waals surface area contributed by atoms with Crippen LogP contribution in [0.1, 0.15) is 0 Å². The van der Waals surface area contributed by atoms with Gasteiger partial charge in [0.05, 0.1) is 0 Å². The van der Waals surface area contributed by atoms with Gasteiger partial charge < -0.3 is 8.83 Å². The molecule has 2 nitrogen and oxygen atoms in total. The van der Waals surface area contributed by atoms with Gasteiger partial charge in [-0.1, -0.05) is 146 Å². The molecule has 0 bridgehead atoms. The maximum atomic E-state index is 6.70. The molecule has 0 saturated heterocycles. The Morgan fingerprint density at radius 2 is 0.833 bits per heavy atom. The molecule has 12 aromatic rings. The second-order valence-electron chi connectivity index (χ2n) is 14.3. The summed E-state index contributed by atoms with van der Waals surface area (Å²) in [6.07, 6.45) is 0. The Labute approximate surface area is 310 Å². The lowest BCUT2D eigenvalue weighted by Crippen LogP contribution is -1.92. The van der Waals surface area contributed by atoms with E-state index in [0.29, 0.717) is 0 Å². The van der Waals surface area contributed by atoms with Gasteiger partial charge in [0.2, 0.25) is 0 Å². The predicted octanol–water partition coefficient (Wildman–Crippen LogP) is 15.1. The van der Waals surface area contributed by atoms with E-state index in [0.717, 1.165) is 49.4 Å². The summed E-state index contributed by atoms with van der Waals surface area (Å²) in [6, 6.07) is 65.7. The Hall–Kier alpha value is -7.16. The average molecular weight is 687 g/mol. The predicted molar refractivity (Wildman–Crippen MR) is 227 cm³/mol. The van der Waals surface area contributed by atoms with Crippen LogP contribution >= 0.6 is 0 Å². The van der Waals surface area contributed by atoms with E-state index >= 15 is 0 Å². The van der Waals surface area contributed by atoms with Crippen molar-refractivity contribution < 1.29 is 8.83 Å². The number of hydrogen-bond acceptors (Lipinski definition) is 2. The molecule has 0 aliphatic heterocycles. The maximum absolute atomic E-state index is 6.70. The van der Waals surface area contributed by atoms with Crippen LogP contribution in [-0.4, -0.2) is 0 Å². The van der Waals surface area contributed by atoms with E-state index in [2.05, 4.69) is 164 Å². The summed E-state index contributed by atoms with van der Waals surface area (Å²) in [5.41, 5.74) is 10.7. The Bertz CT molecular complexity index is 3500. The lowest BCUT2D eigenvalue weighted by Gasteiger charge is -2.20. The summed E-state index contributed by atoms with van der Waals surface area (Å²) in [7, 11) is 0. The van der Waals surface area contributed by atoms with Crippen molar-refractivity contribution in [3.05, 3.63) is 182 Å². The highest BCUT2D eigenvalue weighted by Crippen LogP contribution is 2.50. The van der Waals surface area contributed by atoms with Crippen molar-refractivity contribution in [2.45, 2.75) is 0 Å². The molecule has 2 heterocycles. The van der Waals surface area contributed by atoms with E-state index in [4.69, 9.17) is 8.83 Å². The minimum absolute atomic E-state index is 0.856. The van der Waals surface area contributed by atoms with Gasteiger partial charge in [-0.2, -0.15) is 0 Å². The summed E-state index contributed by atoms with van der Waals surface area (Å²) < 4.78 is 13.1. The van der Waals surface area contributed by atoms with E-state index < -0.39 is 0 Å². The molecule has 0 aliphatic carbocycles. The molecule has 0 N–H and O–H groups in total. The maximum Gasteiger partial charge on any atom is 0.136 e. The summed E-state index contributed by atoms with van der Waals surface area (Å²) >= 11 is 0. The van der Waals surface area contributed by atoms with Crippen LogP contribution in [-0.2, 0) is 0 Å². The Kier molecular flexibility index (Phi) is 6.09. The molecule has 250 valence electrons. The largest absolute Gasteiger partial charge is 0.456 e. The van der Waals surface area contributed by atoms with Gasteiger partial charge in [-0.25, -0.2) is 0 Å². The lowest BCUT2D eigenvalue weighted by atomic mass is 9.83. The Morgan fingerprint density at radius 1 is 0.259 bits per heavy atom. The van der Waals surface area contributed by atoms with Crippen molar-refractivity contribution in [3.63, 3.8) is 0 Å². The standard InChI is InChI=1S/C52H30O2/c1-2-13-33-29-35(24-23-31(33)11-1)48-38-16-5-6-17-39(38)49(43-30-34(25-26-40(43)48)37-19-9-14-32-12-3-4-15-36(32)37)42-20-10-22-45-51(42)52-47(54-45)28-27-46-50(52)41-18-7-8-21-44(41)53-46/h1-30H. The van der Waals surface area contributed by atoms with Gasteiger partial charge in [-0.05, 0) is 113 Å². The van der Waals surface area contributed by atoms with Gasteiger partial charge in [0.15, 0.2) is 0 Å². The molecule has 0 spiro atoms. The molecular weight excluding hydrogens is 657 g/mol. The third-order valence-corrected chi connectivity index (χ3v) is 11.4. The number of hydrogen-bond donors (Lipinski definition) is 0. The first-order valence-corrected chi connectivity index (χ1v) is 18.5. The highest BCUT2D eigenvalue weighted by Gasteiger charge is 2.23. The second-order valence-corrected chi connectivity index (χ2v) is 14.3. The lowest BCUT2D eigenvalue weighted by molar-refractivity contribution is 0.663. The van der Waals surface area contributed by atoms with Gasteiger partial charge in [0, 0.05) is 21.5 Å². The molecule has 0 aliphatic rings. The molecule has 12 rings (SSSR count). The fraction of sp³-hybridized carbons (Fsp3) is 0. The zero-order valence-electron chi connectivity index (χ0n) is 29.1. The minimum Gasteiger partial charge on any atom is -0.456 e. The highest BCUT2D eigenvalue weighted by molar-refractivity contribution is 6.31. The second kappa shape index (κ2) is 11.2. The molecule has 0 amide bonds. The van der Waals surface area contributed by atoms with Gasteiger partial charge in [-0.3, -0.25) is 0 Å². The van der Waals surface area contributed by atoms with Crippen LogP contribution in [0.2, 0.25) is 0 Å². The van der Waals surface area contributed by atoms with Crippen molar-refractivity contribution in [2.75, 3.05) is 0 Å². The average Bonchev–Trinajstić information content (AvgIpc) is 3.81. The smallest absolute Gasteiger partial charge is 0.136 e. The zero-order valence-corrected chi connectivity index (χ0v) is 29.1. The van der Waals surface area contributed by atoms with Gasteiger partial charge in [-0.15, -0.1) is 0 Å². The molecule has 0 unspecified atom stereocenters. The van der Waals surface area contributed by atoms with Crippen LogP contribution in [0.3, 0.4) is 0 Å². The minimum atomic E-state index is 0.856. The van der Waals surface area contributed by atoms with E-state index in [1.807, 2.05) is 18.2 Å². The molecule has 2 heteroatoms. The van der Waals surface area contributed by atoms with Crippen LogP contribution < -0.4 is 0 Å².